The molecule has 0 radical (unpaired) electrons. The SMILES string of the molecule is CC(C)(C)C1OCCCC1CNC(=O)C(N)c1ccccc1.Cl. The molecule has 1 aliphatic rings. The van der Waals surface area contributed by atoms with E-state index in [1.165, 1.54) is 0 Å². The summed E-state index contributed by atoms with van der Waals surface area (Å²) in [5.41, 5.74) is 6.95. The largest absolute Gasteiger partial charge is 0.377 e. The number of ether oxygens (including phenoxy) is 1. The molecule has 0 bridgehead atoms. The number of carbonyl (C=O) groups excluding carboxylic acids is 1. The van der Waals surface area contributed by atoms with E-state index in [4.69, 9.17) is 10.5 Å². The Hall–Kier alpha value is -1.10. The van der Waals surface area contributed by atoms with Gasteiger partial charge in [-0.1, -0.05) is 51.1 Å². The maximum absolute atomic E-state index is 12.3. The second-order valence-corrected chi connectivity index (χ2v) is 7.19. The molecule has 3 unspecified atom stereocenters. The van der Waals surface area contributed by atoms with Gasteiger partial charge < -0.3 is 15.8 Å². The number of benzene rings is 1. The first-order valence-electron chi connectivity index (χ1n) is 8.09. The molecule has 0 spiro atoms. The van der Waals surface area contributed by atoms with Crippen molar-refractivity contribution in [3.8, 4) is 0 Å². The van der Waals surface area contributed by atoms with Gasteiger partial charge in [0, 0.05) is 19.1 Å². The molecule has 2 rings (SSSR count). The highest BCUT2D eigenvalue weighted by atomic mass is 35.5. The number of hydrogen-bond donors (Lipinski definition) is 2. The van der Waals surface area contributed by atoms with E-state index >= 15 is 0 Å². The molecule has 3 N–H and O–H groups in total. The maximum Gasteiger partial charge on any atom is 0.241 e. The number of amides is 1. The molecule has 130 valence electrons. The highest BCUT2D eigenvalue weighted by molar-refractivity contribution is 5.85. The van der Waals surface area contributed by atoms with Gasteiger partial charge in [-0.05, 0) is 23.8 Å². The lowest BCUT2D eigenvalue weighted by Gasteiger charge is -2.40. The Morgan fingerprint density at radius 3 is 2.61 bits per heavy atom. The van der Waals surface area contributed by atoms with Gasteiger partial charge in [0.2, 0.25) is 5.91 Å². The summed E-state index contributed by atoms with van der Waals surface area (Å²) in [4.78, 5) is 12.3. The van der Waals surface area contributed by atoms with Crippen LogP contribution >= 0.6 is 12.4 Å². The van der Waals surface area contributed by atoms with Gasteiger partial charge in [-0.3, -0.25) is 4.79 Å². The average Bonchev–Trinajstić information content (AvgIpc) is 2.52. The predicted molar refractivity (Wildman–Crippen MR) is 95.5 cm³/mol. The summed E-state index contributed by atoms with van der Waals surface area (Å²) in [5, 5.41) is 3.01. The van der Waals surface area contributed by atoms with Gasteiger partial charge in [0.15, 0.2) is 0 Å². The van der Waals surface area contributed by atoms with Crippen LogP contribution in [0.25, 0.3) is 0 Å². The molecule has 0 saturated carbocycles. The van der Waals surface area contributed by atoms with Crippen LogP contribution in [-0.4, -0.2) is 25.2 Å². The lowest BCUT2D eigenvalue weighted by Crippen LogP contribution is -2.46. The second kappa shape index (κ2) is 8.67. The molecule has 1 aromatic carbocycles. The quantitative estimate of drug-likeness (QED) is 0.885. The fraction of sp³-hybridized carbons (Fsp3) is 0.611. The minimum atomic E-state index is -0.612. The average molecular weight is 341 g/mol. The molecule has 5 heteroatoms. The van der Waals surface area contributed by atoms with E-state index in [9.17, 15) is 4.79 Å². The lowest BCUT2D eigenvalue weighted by atomic mass is 9.78. The van der Waals surface area contributed by atoms with E-state index in [1.807, 2.05) is 30.3 Å². The topological polar surface area (TPSA) is 64.3 Å². The Bertz CT molecular complexity index is 488. The molecule has 3 atom stereocenters. The monoisotopic (exact) mass is 340 g/mol. The number of nitrogens with two attached hydrogens (primary N) is 1. The Kier molecular flexibility index (Phi) is 7.52. The van der Waals surface area contributed by atoms with Gasteiger partial charge in [0.05, 0.1) is 6.10 Å². The minimum absolute atomic E-state index is 0. The van der Waals surface area contributed by atoms with Crippen molar-refractivity contribution < 1.29 is 9.53 Å². The van der Waals surface area contributed by atoms with Crippen molar-refractivity contribution in [3.05, 3.63) is 35.9 Å². The van der Waals surface area contributed by atoms with Crippen LogP contribution in [0.1, 0.15) is 45.2 Å². The predicted octanol–water partition coefficient (Wildman–Crippen LogP) is 3.07. The summed E-state index contributed by atoms with van der Waals surface area (Å²) in [6.07, 6.45) is 2.31. The zero-order chi connectivity index (χ0) is 16.2. The molecule has 1 aromatic rings. The van der Waals surface area contributed by atoms with E-state index < -0.39 is 6.04 Å². The first-order chi connectivity index (χ1) is 10.4. The van der Waals surface area contributed by atoms with Crippen LogP contribution in [0, 0.1) is 11.3 Å². The smallest absolute Gasteiger partial charge is 0.241 e. The molecule has 0 aliphatic carbocycles. The summed E-state index contributed by atoms with van der Waals surface area (Å²) < 4.78 is 5.95. The summed E-state index contributed by atoms with van der Waals surface area (Å²) in [5.74, 6) is 0.227. The fourth-order valence-electron chi connectivity index (χ4n) is 3.16. The van der Waals surface area contributed by atoms with E-state index in [1.54, 1.807) is 0 Å². The standard InChI is InChI=1S/C18H28N2O2.ClH/c1-18(2,3)16-14(10-7-11-22-16)12-20-17(21)15(19)13-8-5-4-6-9-13;/h4-6,8-9,14-16H,7,10-12,19H2,1-3H3,(H,20,21);1H. The Morgan fingerprint density at radius 2 is 2.00 bits per heavy atom. The van der Waals surface area contributed by atoms with Crippen LogP contribution in [0.2, 0.25) is 0 Å². The molecule has 1 aliphatic heterocycles. The van der Waals surface area contributed by atoms with Crippen LogP contribution in [0.3, 0.4) is 0 Å². The van der Waals surface area contributed by atoms with Crippen LogP contribution < -0.4 is 11.1 Å². The molecule has 1 heterocycles. The number of hydrogen-bond acceptors (Lipinski definition) is 3. The van der Waals surface area contributed by atoms with Gasteiger partial charge in [0.25, 0.3) is 0 Å². The third kappa shape index (κ3) is 5.48. The van der Waals surface area contributed by atoms with Gasteiger partial charge in [-0.25, -0.2) is 0 Å². The molecule has 1 fully saturated rings. The maximum atomic E-state index is 12.3. The molecule has 23 heavy (non-hydrogen) atoms. The molecule has 1 saturated heterocycles. The minimum Gasteiger partial charge on any atom is -0.377 e. The summed E-state index contributed by atoms with van der Waals surface area (Å²) >= 11 is 0. The van der Waals surface area contributed by atoms with E-state index in [-0.39, 0.29) is 29.8 Å². The van der Waals surface area contributed by atoms with Gasteiger partial charge in [0.1, 0.15) is 6.04 Å². The van der Waals surface area contributed by atoms with Crippen molar-refractivity contribution in [2.24, 2.45) is 17.1 Å². The second-order valence-electron chi connectivity index (χ2n) is 7.19. The Morgan fingerprint density at radius 1 is 1.35 bits per heavy atom. The third-order valence-corrected chi connectivity index (χ3v) is 4.28. The molecular weight excluding hydrogens is 312 g/mol. The zero-order valence-corrected chi connectivity index (χ0v) is 15.1. The van der Waals surface area contributed by atoms with Gasteiger partial charge in [-0.15, -0.1) is 12.4 Å². The summed E-state index contributed by atoms with van der Waals surface area (Å²) in [7, 11) is 0. The first kappa shape index (κ1) is 19.9. The molecule has 1 amide bonds. The molecule has 4 nitrogen and oxygen atoms in total. The van der Waals surface area contributed by atoms with E-state index in [2.05, 4.69) is 26.1 Å². The summed E-state index contributed by atoms with van der Waals surface area (Å²) in [6, 6.07) is 8.86. The Labute approximate surface area is 145 Å². The number of rotatable bonds is 4. The van der Waals surface area contributed by atoms with Crippen LogP contribution in [-0.2, 0) is 9.53 Å². The third-order valence-electron chi connectivity index (χ3n) is 4.28. The van der Waals surface area contributed by atoms with Crippen molar-refractivity contribution in [2.45, 2.75) is 45.8 Å². The van der Waals surface area contributed by atoms with Gasteiger partial charge in [-0.2, -0.15) is 0 Å². The number of halogens is 1. The number of nitrogens with one attached hydrogen (secondary N) is 1. The van der Waals surface area contributed by atoms with Crippen molar-refractivity contribution >= 4 is 18.3 Å². The molecular formula is C18H29ClN2O2. The lowest BCUT2D eigenvalue weighted by molar-refractivity contribution is -0.124. The van der Waals surface area contributed by atoms with E-state index in [0.29, 0.717) is 12.5 Å². The summed E-state index contributed by atoms with van der Waals surface area (Å²) in [6.45, 7) is 8.01. The zero-order valence-electron chi connectivity index (χ0n) is 14.2. The van der Waals surface area contributed by atoms with Crippen LogP contribution in [0.5, 0.6) is 0 Å². The van der Waals surface area contributed by atoms with E-state index in [0.717, 1.165) is 25.0 Å². The highest BCUT2D eigenvalue weighted by Gasteiger charge is 2.35. The molecule has 0 aromatic heterocycles. The Balaban J connectivity index is 0.00000264. The highest BCUT2D eigenvalue weighted by Crippen LogP contribution is 2.33. The van der Waals surface area contributed by atoms with Crippen molar-refractivity contribution in [2.75, 3.05) is 13.2 Å². The van der Waals surface area contributed by atoms with Crippen molar-refractivity contribution in [3.63, 3.8) is 0 Å². The van der Waals surface area contributed by atoms with Crippen LogP contribution in [0.4, 0.5) is 0 Å². The fourth-order valence-corrected chi connectivity index (χ4v) is 3.16. The van der Waals surface area contributed by atoms with Crippen molar-refractivity contribution in [1.82, 2.24) is 5.32 Å². The first-order valence-corrected chi connectivity index (χ1v) is 8.09. The normalized spacial score (nSPS) is 22.8. The van der Waals surface area contributed by atoms with Crippen LogP contribution in [0.15, 0.2) is 30.3 Å². The van der Waals surface area contributed by atoms with Crippen molar-refractivity contribution in [1.29, 1.82) is 0 Å². The van der Waals surface area contributed by atoms with Gasteiger partial charge >= 0.3 is 0 Å². The number of carbonyl (C=O) groups is 1.